The zero-order valence-electron chi connectivity index (χ0n) is 14.2. The van der Waals surface area contributed by atoms with Crippen molar-refractivity contribution in [1.82, 2.24) is 20.2 Å². The normalized spacial score (nSPS) is 11.5. The Hall–Kier alpha value is -2.40. The third-order valence-electron chi connectivity index (χ3n) is 3.94. The number of anilines is 1. The van der Waals surface area contributed by atoms with E-state index in [0.717, 1.165) is 16.9 Å². The average molecular weight is 342 g/mol. The molecule has 1 N–H and O–H groups in total. The number of halogens is 1. The van der Waals surface area contributed by atoms with E-state index in [1.807, 2.05) is 25.1 Å². The first-order valence-electron chi connectivity index (χ1n) is 7.77. The van der Waals surface area contributed by atoms with Gasteiger partial charge in [-0.15, -0.1) is 5.10 Å². The number of hydrogen-bond acceptors (Lipinski definition) is 4. The second-order valence-electron chi connectivity index (χ2n) is 6.46. The Morgan fingerprint density at radius 3 is 2.46 bits per heavy atom. The molecule has 6 heteroatoms. The van der Waals surface area contributed by atoms with Crippen LogP contribution in [0.4, 0.5) is 5.69 Å². The number of hydrogen-bond donors (Lipinski definition) is 1. The van der Waals surface area contributed by atoms with E-state index in [4.69, 9.17) is 11.6 Å². The molecule has 3 rings (SSSR count). The smallest absolute Gasteiger partial charge is 0.181 e. The van der Waals surface area contributed by atoms with Gasteiger partial charge in [0.05, 0.1) is 11.2 Å². The molecule has 2 aromatic carbocycles. The molecule has 1 aromatic heterocycles. The quantitative estimate of drug-likeness (QED) is 0.769. The molecule has 0 unspecified atom stereocenters. The fourth-order valence-corrected chi connectivity index (χ4v) is 2.77. The third kappa shape index (κ3) is 3.26. The van der Waals surface area contributed by atoms with Gasteiger partial charge in [0.1, 0.15) is 0 Å². The van der Waals surface area contributed by atoms with Crippen molar-refractivity contribution in [3.05, 3.63) is 64.4 Å². The molecule has 0 amide bonds. The predicted molar refractivity (Wildman–Crippen MR) is 96.7 cm³/mol. The minimum Gasteiger partial charge on any atom is -0.373 e. The molecule has 0 aliphatic carbocycles. The highest BCUT2D eigenvalue weighted by atomic mass is 35.5. The van der Waals surface area contributed by atoms with Crippen LogP contribution in [0.1, 0.15) is 30.8 Å². The van der Waals surface area contributed by atoms with Crippen molar-refractivity contribution in [3.8, 4) is 5.69 Å². The van der Waals surface area contributed by atoms with Gasteiger partial charge in [0.15, 0.2) is 5.82 Å². The van der Waals surface area contributed by atoms with Crippen molar-refractivity contribution in [3.63, 3.8) is 0 Å². The monoisotopic (exact) mass is 341 g/mol. The molecule has 0 fully saturated rings. The summed E-state index contributed by atoms with van der Waals surface area (Å²) in [6.45, 7) is 8.18. The van der Waals surface area contributed by atoms with Crippen molar-refractivity contribution in [2.75, 3.05) is 5.32 Å². The fourth-order valence-electron chi connectivity index (χ4n) is 2.60. The van der Waals surface area contributed by atoms with Gasteiger partial charge in [0.2, 0.25) is 0 Å². The minimum atomic E-state index is -0.465. The highest BCUT2D eigenvalue weighted by molar-refractivity contribution is 6.30. The summed E-state index contributed by atoms with van der Waals surface area (Å²) >= 11 is 6.15. The summed E-state index contributed by atoms with van der Waals surface area (Å²) in [7, 11) is 0. The number of benzene rings is 2. The molecule has 0 bridgehead atoms. The van der Waals surface area contributed by atoms with Gasteiger partial charge in [-0.3, -0.25) is 0 Å². The molecular formula is C18H20ClN5. The Balaban J connectivity index is 1.99. The molecule has 0 radical (unpaired) electrons. The summed E-state index contributed by atoms with van der Waals surface area (Å²) in [6, 6.07) is 13.9. The Morgan fingerprint density at radius 1 is 1.04 bits per heavy atom. The molecule has 0 spiro atoms. The predicted octanol–water partition coefficient (Wildman–Crippen LogP) is 4.28. The molecule has 0 aliphatic heterocycles. The maximum Gasteiger partial charge on any atom is 0.181 e. The van der Waals surface area contributed by atoms with E-state index in [-0.39, 0.29) is 0 Å². The molecule has 24 heavy (non-hydrogen) atoms. The molecule has 124 valence electrons. The summed E-state index contributed by atoms with van der Waals surface area (Å²) in [5.74, 6) is 0.716. The van der Waals surface area contributed by atoms with Crippen LogP contribution in [0.25, 0.3) is 5.69 Å². The second kappa shape index (κ2) is 6.24. The van der Waals surface area contributed by atoms with Crippen LogP contribution >= 0.6 is 11.6 Å². The lowest BCUT2D eigenvalue weighted by Gasteiger charge is -2.26. The van der Waals surface area contributed by atoms with Gasteiger partial charge < -0.3 is 5.32 Å². The lowest BCUT2D eigenvalue weighted by molar-refractivity contribution is 0.541. The highest BCUT2D eigenvalue weighted by Gasteiger charge is 2.28. The number of tetrazole rings is 1. The average Bonchev–Trinajstić information content (AvgIpc) is 3.02. The van der Waals surface area contributed by atoms with Crippen LogP contribution in [0.2, 0.25) is 5.02 Å². The number of nitrogens with one attached hydrogen (secondary N) is 1. The maximum atomic E-state index is 6.15. The van der Waals surface area contributed by atoms with Crippen LogP contribution in [0, 0.1) is 13.8 Å². The third-order valence-corrected chi connectivity index (χ3v) is 4.17. The lowest BCUT2D eigenvalue weighted by Crippen LogP contribution is -2.32. The number of rotatable bonds is 4. The summed E-state index contributed by atoms with van der Waals surface area (Å²) in [5, 5.41) is 16.4. The van der Waals surface area contributed by atoms with E-state index in [0.29, 0.717) is 10.8 Å². The first-order valence-corrected chi connectivity index (χ1v) is 8.15. The van der Waals surface area contributed by atoms with Crippen LogP contribution in [0.15, 0.2) is 42.5 Å². The van der Waals surface area contributed by atoms with Crippen LogP contribution in [0.3, 0.4) is 0 Å². The van der Waals surface area contributed by atoms with Crippen LogP contribution in [-0.2, 0) is 5.54 Å². The first-order chi connectivity index (χ1) is 11.4. The Bertz CT molecular complexity index is 852. The number of nitrogens with zero attached hydrogens (tertiary/aromatic N) is 4. The molecular weight excluding hydrogens is 322 g/mol. The summed E-state index contributed by atoms with van der Waals surface area (Å²) in [6.07, 6.45) is 0. The Morgan fingerprint density at radius 2 is 1.75 bits per heavy atom. The lowest BCUT2D eigenvalue weighted by atomic mass is 10.0. The van der Waals surface area contributed by atoms with Gasteiger partial charge in [0.25, 0.3) is 0 Å². The van der Waals surface area contributed by atoms with Crippen LogP contribution < -0.4 is 5.32 Å². The second-order valence-corrected chi connectivity index (χ2v) is 6.90. The van der Waals surface area contributed by atoms with E-state index in [1.165, 1.54) is 5.56 Å². The van der Waals surface area contributed by atoms with Gasteiger partial charge >= 0.3 is 0 Å². The molecule has 1 heterocycles. The first kappa shape index (κ1) is 16.5. The Labute approximate surface area is 146 Å². The minimum absolute atomic E-state index is 0.465. The van der Waals surface area contributed by atoms with Crippen molar-refractivity contribution < 1.29 is 0 Å². The van der Waals surface area contributed by atoms with E-state index in [2.05, 4.69) is 65.9 Å². The fraction of sp³-hybridized carbons (Fsp3) is 0.278. The SMILES string of the molecule is Cc1ccc(NC(C)(C)c2nnnn2-c2cc(Cl)ccc2C)cc1. The van der Waals surface area contributed by atoms with E-state index < -0.39 is 5.54 Å². The highest BCUT2D eigenvalue weighted by Crippen LogP contribution is 2.27. The molecule has 0 atom stereocenters. The number of aromatic nitrogens is 4. The van der Waals surface area contributed by atoms with E-state index in [9.17, 15) is 0 Å². The largest absolute Gasteiger partial charge is 0.373 e. The zero-order chi connectivity index (χ0) is 17.3. The summed E-state index contributed by atoms with van der Waals surface area (Å²) in [4.78, 5) is 0. The molecule has 0 saturated heterocycles. The van der Waals surface area contributed by atoms with Crippen molar-refractivity contribution >= 4 is 17.3 Å². The Kier molecular flexibility index (Phi) is 4.28. The van der Waals surface area contributed by atoms with Gasteiger partial charge in [-0.1, -0.05) is 35.4 Å². The maximum absolute atomic E-state index is 6.15. The van der Waals surface area contributed by atoms with Crippen LogP contribution in [-0.4, -0.2) is 20.2 Å². The molecule has 3 aromatic rings. The van der Waals surface area contributed by atoms with Crippen molar-refractivity contribution in [2.24, 2.45) is 0 Å². The zero-order valence-corrected chi connectivity index (χ0v) is 15.0. The summed E-state index contributed by atoms with van der Waals surface area (Å²) in [5.41, 5.74) is 3.70. The van der Waals surface area contributed by atoms with E-state index in [1.54, 1.807) is 4.68 Å². The molecule has 5 nitrogen and oxygen atoms in total. The van der Waals surface area contributed by atoms with Gasteiger partial charge in [-0.2, -0.15) is 4.68 Å². The molecule has 0 aliphatic rings. The van der Waals surface area contributed by atoms with Crippen molar-refractivity contribution in [2.45, 2.75) is 33.2 Å². The van der Waals surface area contributed by atoms with E-state index >= 15 is 0 Å². The van der Waals surface area contributed by atoms with Crippen molar-refractivity contribution in [1.29, 1.82) is 0 Å². The standard InChI is InChI=1S/C18H20ClN5/c1-12-5-9-15(10-6-12)20-18(3,4)17-21-22-23-24(17)16-11-14(19)8-7-13(16)2/h5-11,20H,1-4H3. The van der Waals surface area contributed by atoms with Gasteiger partial charge in [-0.05, 0) is 68.0 Å². The van der Waals surface area contributed by atoms with Gasteiger partial charge in [-0.25, -0.2) is 0 Å². The molecule has 0 saturated carbocycles. The summed E-state index contributed by atoms with van der Waals surface area (Å²) < 4.78 is 1.74. The van der Waals surface area contributed by atoms with Gasteiger partial charge in [0, 0.05) is 10.7 Å². The number of aryl methyl sites for hydroxylation is 2. The van der Waals surface area contributed by atoms with Crippen LogP contribution in [0.5, 0.6) is 0 Å². The topological polar surface area (TPSA) is 55.6 Å².